The molecule has 0 aliphatic rings. The van der Waals surface area contributed by atoms with Gasteiger partial charge in [0.15, 0.2) is 0 Å². The number of aryl methyl sites for hydroxylation is 1. The smallest absolute Gasteiger partial charge is 0.417 e. The highest BCUT2D eigenvalue weighted by atomic mass is 35.5. The fourth-order valence-corrected chi connectivity index (χ4v) is 2.49. The Bertz CT molecular complexity index is 922. The van der Waals surface area contributed by atoms with Gasteiger partial charge in [0.05, 0.1) is 12.1 Å². The molecule has 0 aromatic carbocycles. The highest BCUT2D eigenvalue weighted by Crippen LogP contribution is 2.33. The zero-order valence-electron chi connectivity index (χ0n) is 15.7. The highest BCUT2D eigenvalue weighted by Gasteiger charge is 2.32. The van der Waals surface area contributed by atoms with Gasteiger partial charge in [-0.05, 0) is 32.0 Å². The molecule has 0 aliphatic carbocycles. The predicted octanol–water partition coefficient (Wildman–Crippen LogP) is 3.61. The van der Waals surface area contributed by atoms with Crippen LogP contribution in [0.1, 0.15) is 35.5 Å². The van der Waals surface area contributed by atoms with Crippen LogP contribution in [-0.4, -0.2) is 34.4 Å². The Kier molecular flexibility index (Phi) is 7.02. The molecule has 2 heterocycles. The minimum absolute atomic E-state index is 0.0364. The largest absolute Gasteiger partial charge is 0.472 e. The van der Waals surface area contributed by atoms with Gasteiger partial charge >= 0.3 is 6.18 Å². The lowest BCUT2D eigenvalue weighted by Crippen LogP contribution is -2.34. The first-order valence-corrected chi connectivity index (χ1v) is 8.77. The Labute approximate surface area is 169 Å². The van der Waals surface area contributed by atoms with Gasteiger partial charge in [-0.1, -0.05) is 11.6 Å². The van der Waals surface area contributed by atoms with Gasteiger partial charge in [-0.2, -0.15) is 13.2 Å². The van der Waals surface area contributed by atoms with Crippen molar-refractivity contribution in [1.29, 1.82) is 0 Å². The molecule has 29 heavy (non-hydrogen) atoms. The van der Waals surface area contributed by atoms with Crippen LogP contribution >= 0.6 is 11.6 Å². The maximum absolute atomic E-state index is 12.6. The normalized spacial score (nSPS) is 12.2. The van der Waals surface area contributed by atoms with E-state index in [2.05, 4.69) is 20.6 Å². The number of carbonyl (C=O) groups excluding carboxylic acids is 2. The molecule has 0 saturated heterocycles. The molecular weight excluding hydrogens is 413 g/mol. The van der Waals surface area contributed by atoms with Crippen LogP contribution in [0.5, 0.6) is 5.88 Å². The van der Waals surface area contributed by atoms with Crippen molar-refractivity contribution in [1.82, 2.24) is 15.3 Å². The molecule has 156 valence electrons. The molecule has 2 rings (SSSR count). The molecule has 0 radical (unpaired) electrons. The summed E-state index contributed by atoms with van der Waals surface area (Å²) >= 11 is 5.80. The lowest BCUT2D eigenvalue weighted by atomic mass is 10.2. The van der Waals surface area contributed by atoms with E-state index in [9.17, 15) is 22.8 Å². The summed E-state index contributed by atoms with van der Waals surface area (Å²) in [4.78, 5) is 31.2. The minimum Gasteiger partial charge on any atom is -0.472 e. The number of pyridine rings is 2. The number of anilines is 1. The zero-order valence-corrected chi connectivity index (χ0v) is 16.5. The van der Waals surface area contributed by atoms with Gasteiger partial charge in [-0.3, -0.25) is 9.59 Å². The molecule has 0 aliphatic heterocycles. The Balaban J connectivity index is 1.99. The lowest BCUT2D eigenvalue weighted by Gasteiger charge is -2.16. The monoisotopic (exact) mass is 430 g/mol. The molecule has 7 nitrogen and oxygen atoms in total. The average Bonchev–Trinajstić information content (AvgIpc) is 2.59. The number of hydrogen-bond donors (Lipinski definition) is 2. The van der Waals surface area contributed by atoms with Gasteiger partial charge in [0.1, 0.15) is 16.9 Å². The maximum Gasteiger partial charge on any atom is 0.417 e. The van der Waals surface area contributed by atoms with Crippen LogP contribution in [-0.2, 0) is 11.0 Å². The van der Waals surface area contributed by atoms with Crippen molar-refractivity contribution >= 4 is 29.2 Å². The van der Waals surface area contributed by atoms with Crippen molar-refractivity contribution in [2.45, 2.75) is 33.1 Å². The van der Waals surface area contributed by atoms with Gasteiger partial charge in [0.2, 0.25) is 11.8 Å². The number of alkyl halides is 3. The molecule has 2 aromatic rings. The second-order valence-corrected chi connectivity index (χ2v) is 6.62. The first-order valence-electron chi connectivity index (χ1n) is 8.39. The van der Waals surface area contributed by atoms with E-state index >= 15 is 0 Å². The van der Waals surface area contributed by atoms with E-state index in [1.54, 1.807) is 19.9 Å². The van der Waals surface area contributed by atoms with E-state index in [1.807, 2.05) is 0 Å². The molecule has 2 aromatic heterocycles. The van der Waals surface area contributed by atoms with Gasteiger partial charge in [0.25, 0.3) is 5.91 Å². The molecule has 0 bridgehead atoms. The molecule has 2 N–H and O–H groups in total. The number of rotatable bonds is 6. The quantitative estimate of drug-likeness (QED) is 0.730. The van der Waals surface area contributed by atoms with Crippen LogP contribution in [0.2, 0.25) is 5.02 Å². The summed E-state index contributed by atoms with van der Waals surface area (Å²) in [5.41, 5.74) is -0.176. The van der Waals surface area contributed by atoms with Crippen LogP contribution < -0.4 is 15.4 Å². The van der Waals surface area contributed by atoms with Crippen molar-refractivity contribution in [3.05, 3.63) is 46.2 Å². The summed E-state index contributed by atoms with van der Waals surface area (Å²) < 4.78 is 43.3. The van der Waals surface area contributed by atoms with E-state index in [0.717, 1.165) is 6.07 Å². The van der Waals surface area contributed by atoms with E-state index in [-0.39, 0.29) is 34.7 Å². The van der Waals surface area contributed by atoms with Crippen LogP contribution in [0.4, 0.5) is 19.0 Å². The number of aromatic nitrogens is 2. The summed E-state index contributed by atoms with van der Waals surface area (Å²) in [6, 6.07) is 3.68. The molecule has 1 unspecified atom stereocenters. The first-order chi connectivity index (χ1) is 13.5. The van der Waals surface area contributed by atoms with Crippen LogP contribution in [0, 0.1) is 6.92 Å². The fourth-order valence-electron chi connectivity index (χ4n) is 2.28. The van der Waals surface area contributed by atoms with E-state index in [0.29, 0.717) is 11.9 Å². The Morgan fingerprint density at radius 2 is 1.97 bits per heavy atom. The van der Waals surface area contributed by atoms with E-state index in [1.165, 1.54) is 13.0 Å². The maximum atomic E-state index is 12.6. The topological polar surface area (TPSA) is 93.2 Å². The average molecular weight is 431 g/mol. The Morgan fingerprint density at radius 3 is 2.55 bits per heavy atom. The predicted molar refractivity (Wildman–Crippen MR) is 99.9 cm³/mol. The van der Waals surface area contributed by atoms with Crippen molar-refractivity contribution < 1.29 is 27.5 Å². The number of halogens is 4. The SMILES string of the molecule is CC(=O)Nc1cc(C(=O)NCC(C)Oc2ncc(C(F)(F)F)cc2Cl)cc(C)n1. The molecule has 0 fully saturated rings. The van der Waals surface area contributed by atoms with Crippen LogP contribution in [0.3, 0.4) is 0 Å². The van der Waals surface area contributed by atoms with Gasteiger partial charge < -0.3 is 15.4 Å². The zero-order chi connectivity index (χ0) is 21.8. The third-order valence-corrected chi connectivity index (χ3v) is 3.79. The number of ether oxygens (including phenoxy) is 1. The Morgan fingerprint density at radius 1 is 1.28 bits per heavy atom. The third-order valence-electron chi connectivity index (χ3n) is 3.52. The lowest BCUT2D eigenvalue weighted by molar-refractivity contribution is -0.137. The number of hydrogen-bond acceptors (Lipinski definition) is 5. The minimum atomic E-state index is -4.56. The second kappa shape index (κ2) is 9.08. The molecule has 11 heteroatoms. The standard InChI is InChI=1S/C18H18ClF3N4O3/c1-9-4-12(5-15(25-9)26-11(3)27)16(28)23-7-10(2)29-17-14(19)6-13(8-24-17)18(20,21)22/h4-6,8,10H,7H2,1-3H3,(H,23,28)(H,25,26,27). The summed E-state index contributed by atoms with van der Waals surface area (Å²) in [5, 5.41) is 4.84. The van der Waals surface area contributed by atoms with E-state index < -0.39 is 23.8 Å². The van der Waals surface area contributed by atoms with Gasteiger partial charge in [0, 0.05) is 24.4 Å². The van der Waals surface area contributed by atoms with Crippen molar-refractivity contribution in [3.8, 4) is 5.88 Å². The van der Waals surface area contributed by atoms with Crippen molar-refractivity contribution in [2.24, 2.45) is 0 Å². The van der Waals surface area contributed by atoms with Crippen molar-refractivity contribution in [2.75, 3.05) is 11.9 Å². The summed E-state index contributed by atoms with van der Waals surface area (Å²) in [7, 11) is 0. The molecule has 0 spiro atoms. The molecule has 1 atom stereocenters. The number of nitrogens with one attached hydrogen (secondary N) is 2. The fraction of sp³-hybridized carbons (Fsp3) is 0.333. The van der Waals surface area contributed by atoms with Crippen molar-refractivity contribution in [3.63, 3.8) is 0 Å². The summed E-state index contributed by atoms with van der Waals surface area (Å²) in [6.45, 7) is 4.63. The number of nitrogens with zero attached hydrogens (tertiary/aromatic N) is 2. The Hall–Kier alpha value is -2.88. The molecule has 2 amide bonds. The third kappa shape index (κ3) is 6.60. The number of amides is 2. The molecule has 0 saturated carbocycles. The van der Waals surface area contributed by atoms with Gasteiger partial charge in [-0.25, -0.2) is 9.97 Å². The summed E-state index contributed by atoms with van der Waals surface area (Å²) in [5.74, 6) is -0.691. The molecular formula is C18H18ClF3N4O3. The van der Waals surface area contributed by atoms with E-state index in [4.69, 9.17) is 16.3 Å². The van der Waals surface area contributed by atoms with Crippen LogP contribution in [0.15, 0.2) is 24.4 Å². The summed E-state index contributed by atoms with van der Waals surface area (Å²) in [6.07, 6.45) is -4.57. The number of carbonyl (C=O) groups is 2. The van der Waals surface area contributed by atoms with Crippen LogP contribution in [0.25, 0.3) is 0 Å². The first kappa shape index (κ1) is 22.4. The van der Waals surface area contributed by atoms with Gasteiger partial charge in [-0.15, -0.1) is 0 Å². The highest BCUT2D eigenvalue weighted by molar-refractivity contribution is 6.31. The second-order valence-electron chi connectivity index (χ2n) is 6.21.